The fraction of sp³-hybridized carbons (Fsp3) is 0.333. The van der Waals surface area contributed by atoms with Gasteiger partial charge in [0.1, 0.15) is 0 Å². The number of carbonyl (C=O) groups excluding carboxylic acids is 1. The number of hydrogen-bond donors (Lipinski definition) is 2. The van der Waals surface area contributed by atoms with Crippen LogP contribution >= 0.6 is 11.6 Å². The molecule has 0 bridgehead atoms. The van der Waals surface area contributed by atoms with E-state index in [0.717, 1.165) is 5.56 Å². The largest absolute Gasteiger partial charge is 0.478 e. The van der Waals surface area contributed by atoms with Crippen molar-refractivity contribution < 1.29 is 14.7 Å². The van der Waals surface area contributed by atoms with Crippen LogP contribution in [0.4, 0.5) is 10.5 Å². The van der Waals surface area contributed by atoms with Gasteiger partial charge in [0.15, 0.2) is 0 Å². The van der Waals surface area contributed by atoms with Crippen molar-refractivity contribution in [2.24, 2.45) is 0 Å². The van der Waals surface area contributed by atoms with Crippen LogP contribution in [0.2, 0.25) is 5.02 Å². The third-order valence-electron chi connectivity index (χ3n) is 5.03. The lowest BCUT2D eigenvalue weighted by Gasteiger charge is -2.44. The molecule has 1 heterocycles. The predicted molar refractivity (Wildman–Crippen MR) is 110 cm³/mol. The van der Waals surface area contributed by atoms with E-state index < -0.39 is 5.97 Å². The van der Waals surface area contributed by atoms with Gasteiger partial charge in [0.2, 0.25) is 0 Å². The van der Waals surface area contributed by atoms with Crippen LogP contribution in [0.5, 0.6) is 0 Å². The van der Waals surface area contributed by atoms with Crippen molar-refractivity contribution in [2.75, 3.05) is 18.4 Å². The SMILES string of the molecule is C[C@@H]1CN(C(=O)Nc2cccc(Cl)c2)C[C@H](C)N1Cc1ccc(C(=O)O)cc1. The first kappa shape index (κ1) is 20.2. The molecule has 1 saturated heterocycles. The molecule has 7 heteroatoms. The molecule has 1 aliphatic heterocycles. The Kier molecular flexibility index (Phi) is 6.21. The summed E-state index contributed by atoms with van der Waals surface area (Å²) in [6, 6.07) is 14.3. The van der Waals surface area contributed by atoms with Crippen molar-refractivity contribution in [1.82, 2.24) is 9.80 Å². The Balaban J connectivity index is 1.61. The number of nitrogens with zero attached hydrogens (tertiary/aromatic N) is 2. The molecule has 2 aromatic carbocycles. The second kappa shape index (κ2) is 8.63. The molecule has 6 nitrogen and oxygen atoms in total. The van der Waals surface area contributed by atoms with Gasteiger partial charge in [0, 0.05) is 42.4 Å². The maximum absolute atomic E-state index is 12.6. The van der Waals surface area contributed by atoms with E-state index in [1.165, 1.54) is 0 Å². The number of amides is 2. The van der Waals surface area contributed by atoms with Crippen LogP contribution in [0.25, 0.3) is 0 Å². The van der Waals surface area contributed by atoms with E-state index >= 15 is 0 Å². The van der Waals surface area contributed by atoms with Gasteiger partial charge in [-0.25, -0.2) is 9.59 Å². The lowest BCUT2D eigenvalue weighted by Crippen LogP contribution is -2.58. The summed E-state index contributed by atoms with van der Waals surface area (Å²) in [7, 11) is 0. The van der Waals surface area contributed by atoms with E-state index in [0.29, 0.717) is 30.3 Å². The normalized spacial score (nSPS) is 20.0. The highest BCUT2D eigenvalue weighted by molar-refractivity contribution is 6.30. The molecule has 0 aliphatic carbocycles. The molecule has 0 spiro atoms. The first-order valence-corrected chi connectivity index (χ1v) is 9.60. The third-order valence-corrected chi connectivity index (χ3v) is 5.27. The molecule has 2 atom stereocenters. The molecule has 1 fully saturated rings. The van der Waals surface area contributed by atoms with E-state index in [1.807, 2.05) is 23.1 Å². The number of anilines is 1. The maximum atomic E-state index is 12.6. The van der Waals surface area contributed by atoms with E-state index in [9.17, 15) is 9.59 Å². The van der Waals surface area contributed by atoms with Crippen molar-refractivity contribution in [1.29, 1.82) is 0 Å². The van der Waals surface area contributed by atoms with Crippen LogP contribution in [0, 0.1) is 0 Å². The van der Waals surface area contributed by atoms with Crippen molar-refractivity contribution >= 4 is 29.3 Å². The summed E-state index contributed by atoms with van der Waals surface area (Å²) < 4.78 is 0. The van der Waals surface area contributed by atoms with Gasteiger partial charge in [0.25, 0.3) is 0 Å². The zero-order valence-corrected chi connectivity index (χ0v) is 16.7. The van der Waals surface area contributed by atoms with Gasteiger partial charge >= 0.3 is 12.0 Å². The Morgan fingerprint density at radius 3 is 2.32 bits per heavy atom. The zero-order valence-electron chi connectivity index (χ0n) is 15.9. The molecule has 3 rings (SSSR count). The third kappa shape index (κ3) is 4.82. The molecule has 1 aliphatic rings. The van der Waals surface area contributed by atoms with Crippen molar-refractivity contribution in [3.63, 3.8) is 0 Å². The maximum Gasteiger partial charge on any atom is 0.335 e. The molecule has 0 saturated carbocycles. The molecular weight excluding hydrogens is 378 g/mol. The summed E-state index contributed by atoms with van der Waals surface area (Å²) >= 11 is 5.98. The minimum absolute atomic E-state index is 0.133. The van der Waals surface area contributed by atoms with Crippen LogP contribution in [0.3, 0.4) is 0 Å². The highest BCUT2D eigenvalue weighted by Gasteiger charge is 2.31. The summed E-state index contributed by atoms with van der Waals surface area (Å²) in [6.07, 6.45) is 0. The number of halogens is 1. The first-order valence-electron chi connectivity index (χ1n) is 9.23. The van der Waals surface area contributed by atoms with Crippen LogP contribution in [0.1, 0.15) is 29.8 Å². The number of carbonyl (C=O) groups is 2. The molecule has 0 radical (unpaired) electrons. The molecule has 0 aromatic heterocycles. The van der Waals surface area contributed by atoms with E-state index in [-0.39, 0.29) is 23.7 Å². The quantitative estimate of drug-likeness (QED) is 0.806. The van der Waals surface area contributed by atoms with E-state index in [1.54, 1.807) is 30.3 Å². The number of hydrogen-bond acceptors (Lipinski definition) is 3. The second-order valence-corrected chi connectivity index (χ2v) is 7.65. The monoisotopic (exact) mass is 401 g/mol. The van der Waals surface area contributed by atoms with Gasteiger partial charge in [-0.05, 0) is 49.7 Å². The van der Waals surface area contributed by atoms with Crippen molar-refractivity contribution in [3.8, 4) is 0 Å². The predicted octanol–water partition coefficient (Wildman–Crippen LogP) is 4.16. The van der Waals surface area contributed by atoms with Crippen molar-refractivity contribution in [3.05, 3.63) is 64.7 Å². The van der Waals surface area contributed by atoms with Gasteiger partial charge < -0.3 is 15.3 Å². The molecule has 28 heavy (non-hydrogen) atoms. The molecule has 148 valence electrons. The summed E-state index contributed by atoms with van der Waals surface area (Å²) in [5, 5.41) is 12.5. The smallest absolute Gasteiger partial charge is 0.335 e. The number of aromatic carboxylic acids is 1. The molecule has 2 aromatic rings. The van der Waals surface area contributed by atoms with Crippen LogP contribution in [-0.2, 0) is 6.54 Å². The number of piperazine rings is 1. The Labute approximate surface area is 169 Å². The number of rotatable bonds is 4. The Hall–Kier alpha value is -2.57. The van der Waals surface area contributed by atoms with Gasteiger partial charge in [0.05, 0.1) is 5.56 Å². The fourth-order valence-corrected chi connectivity index (χ4v) is 3.76. The van der Waals surface area contributed by atoms with E-state index in [2.05, 4.69) is 24.1 Å². The second-order valence-electron chi connectivity index (χ2n) is 7.22. The Morgan fingerprint density at radius 2 is 1.75 bits per heavy atom. The molecule has 2 N–H and O–H groups in total. The van der Waals surface area contributed by atoms with Gasteiger partial charge in [-0.15, -0.1) is 0 Å². The topological polar surface area (TPSA) is 72.9 Å². The summed E-state index contributed by atoms with van der Waals surface area (Å²) in [6.45, 7) is 6.14. The standard InChI is InChI=1S/C21H24ClN3O3/c1-14-11-24(21(28)23-19-5-3-4-18(22)10-19)12-15(2)25(14)13-16-6-8-17(9-7-16)20(26)27/h3-10,14-15H,11-13H2,1-2H3,(H,23,28)(H,26,27)/t14-,15+. The van der Waals surface area contributed by atoms with Gasteiger partial charge in [-0.3, -0.25) is 4.90 Å². The number of benzene rings is 2. The highest BCUT2D eigenvalue weighted by Crippen LogP contribution is 2.21. The number of urea groups is 1. The summed E-state index contributed by atoms with van der Waals surface area (Å²) in [4.78, 5) is 27.8. The molecular formula is C21H24ClN3O3. The van der Waals surface area contributed by atoms with Crippen LogP contribution in [-0.4, -0.2) is 52.1 Å². The number of nitrogens with one attached hydrogen (secondary N) is 1. The minimum atomic E-state index is -0.924. The zero-order chi connectivity index (χ0) is 20.3. The minimum Gasteiger partial charge on any atom is -0.478 e. The Bertz CT molecular complexity index is 844. The van der Waals surface area contributed by atoms with Crippen LogP contribution in [0.15, 0.2) is 48.5 Å². The average Bonchev–Trinajstić information content (AvgIpc) is 2.65. The summed E-state index contributed by atoms with van der Waals surface area (Å²) in [5.41, 5.74) is 2.02. The van der Waals surface area contributed by atoms with Crippen molar-refractivity contribution in [2.45, 2.75) is 32.5 Å². The number of carboxylic acid groups (broad SMARTS) is 1. The summed E-state index contributed by atoms with van der Waals surface area (Å²) in [5.74, 6) is -0.924. The highest BCUT2D eigenvalue weighted by atomic mass is 35.5. The number of carboxylic acids is 1. The van der Waals surface area contributed by atoms with Crippen LogP contribution < -0.4 is 5.32 Å². The van der Waals surface area contributed by atoms with E-state index in [4.69, 9.17) is 16.7 Å². The first-order chi connectivity index (χ1) is 13.3. The molecule has 0 unspecified atom stereocenters. The Morgan fingerprint density at radius 1 is 1.11 bits per heavy atom. The molecule has 2 amide bonds. The van der Waals surface area contributed by atoms with Gasteiger partial charge in [-0.1, -0.05) is 29.8 Å². The fourth-order valence-electron chi connectivity index (χ4n) is 3.57. The average molecular weight is 402 g/mol. The lowest BCUT2D eigenvalue weighted by molar-refractivity contribution is 0.0526. The van der Waals surface area contributed by atoms with Gasteiger partial charge in [-0.2, -0.15) is 0 Å². The lowest BCUT2D eigenvalue weighted by atomic mass is 10.1.